The van der Waals surface area contributed by atoms with Gasteiger partial charge in [-0.05, 0) is 43.7 Å². The van der Waals surface area contributed by atoms with Crippen LogP contribution in [0.25, 0.3) is 17.0 Å². The van der Waals surface area contributed by atoms with E-state index in [0.717, 1.165) is 22.5 Å². The first kappa shape index (κ1) is 17.7. The number of fused-ring (bicyclic) bond motifs is 1. The summed E-state index contributed by atoms with van der Waals surface area (Å²) in [5.41, 5.74) is 3.40. The molecule has 0 aliphatic rings. The van der Waals surface area contributed by atoms with E-state index in [2.05, 4.69) is 15.3 Å². The Hall–Kier alpha value is -3.67. The van der Waals surface area contributed by atoms with Gasteiger partial charge in [-0.1, -0.05) is 30.3 Å². The second kappa shape index (κ2) is 7.52. The van der Waals surface area contributed by atoms with Gasteiger partial charge in [-0.3, -0.25) is 9.20 Å². The average molecular weight is 372 g/mol. The van der Waals surface area contributed by atoms with Crippen LogP contribution in [0.5, 0.6) is 5.75 Å². The Morgan fingerprint density at radius 2 is 1.96 bits per heavy atom. The number of aryl methyl sites for hydroxylation is 1. The molecule has 1 N–H and O–H groups in total. The van der Waals surface area contributed by atoms with Gasteiger partial charge in [0.2, 0.25) is 5.78 Å². The maximum Gasteiger partial charge on any atom is 0.265 e. The molecule has 0 aliphatic heterocycles. The molecule has 0 saturated carbocycles. The molecule has 0 radical (unpaired) electrons. The molecule has 2 aromatic heterocycles. The number of nitrogens with one attached hydrogen (secondary N) is 1. The summed E-state index contributed by atoms with van der Waals surface area (Å²) in [5, 5.41) is 2.96. The summed E-state index contributed by atoms with van der Waals surface area (Å²) in [6, 6.07) is 17.0. The molecule has 140 valence electrons. The summed E-state index contributed by atoms with van der Waals surface area (Å²) in [6.45, 7) is 3.68. The zero-order chi connectivity index (χ0) is 19.5. The molecule has 0 fully saturated rings. The monoisotopic (exact) mass is 372 g/mol. The predicted molar refractivity (Wildman–Crippen MR) is 108 cm³/mol. The lowest BCUT2D eigenvalue weighted by Gasteiger charge is -2.16. The molecule has 2 aromatic carbocycles. The Bertz CT molecular complexity index is 1090. The van der Waals surface area contributed by atoms with E-state index in [-0.39, 0.29) is 5.91 Å². The van der Waals surface area contributed by atoms with Gasteiger partial charge in [-0.2, -0.15) is 0 Å². The van der Waals surface area contributed by atoms with Crippen molar-refractivity contribution in [2.75, 3.05) is 5.32 Å². The zero-order valence-electron chi connectivity index (χ0n) is 15.7. The molecule has 4 rings (SSSR count). The molecule has 6 heteroatoms. The summed E-state index contributed by atoms with van der Waals surface area (Å²) < 4.78 is 7.57. The molecule has 2 heterocycles. The van der Waals surface area contributed by atoms with E-state index in [1.807, 2.05) is 78.3 Å². The van der Waals surface area contributed by atoms with Crippen molar-refractivity contribution in [1.29, 1.82) is 0 Å². The number of amides is 1. The molecule has 0 unspecified atom stereocenters. The zero-order valence-corrected chi connectivity index (χ0v) is 15.7. The number of para-hydroxylation sites is 1. The minimum atomic E-state index is -0.621. The van der Waals surface area contributed by atoms with Crippen molar-refractivity contribution in [2.24, 2.45) is 0 Å². The lowest BCUT2D eigenvalue weighted by Crippen LogP contribution is -2.30. The highest BCUT2D eigenvalue weighted by Crippen LogP contribution is 2.25. The van der Waals surface area contributed by atoms with Crippen LogP contribution < -0.4 is 10.1 Å². The van der Waals surface area contributed by atoms with Gasteiger partial charge in [-0.15, -0.1) is 0 Å². The van der Waals surface area contributed by atoms with Crippen molar-refractivity contribution in [3.8, 4) is 17.0 Å². The van der Waals surface area contributed by atoms with Crippen molar-refractivity contribution in [3.05, 3.63) is 78.8 Å². The Labute approximate surface area is 162 Å². The highest BCUT2D eigenvalue weighted by atomic mass is 16.5. The number of carbonyl (C=O) groups excluding carboxylic acids is 1. The topological polar surface area (TPSA) is 68.5 Å². The Morgan fingerprint density at radius 1 is 1.14 bits per heavy atom. The fourth-order valence-electron chi connectivity index (χ4n) is 2.88. The summed E-state index contributed by atoms with van der Waals surface area (Å²) in [7, 11) is 0. The number of hydrogen-bond donors (Lipinski definition) is 1. The minimum Gasteiger partial charge on any atom is -0.481 e. The van der Waals surface area contributed by atoms with Crippen LogP contribution in [-0.4, -0.2) is 26.4 Å². The number of anilines is 1. The smallest absolute Gasteiger partial charge is 0.265 e. The van der Waals surface area contributed by atoms with Crippen LogP contribution in [0.15, 0.2) is 73.2 Å². The number of imidazole rings is 1. The molecular formula is C22H20N4O2. The number of benzene rings is 2. The Balaban J connectivity index is 1.54. The Morgan fingerprint density at radius 3 is 2.75 bits per heavy atom. The van der Waals surface area contributed by atoms with E-state index in [1.54, 1.807) is 13.1 Å². The Kier molecular flexibility index (Phi) is 4.76. The van der Waals surface area contributed by atoms with Gasteiger partial charge in [0.25, 0.3) is 5.91 Å². The van der Waals surface area contributed by atoms with Crippen LogP contribution in [0.2, 0.25) is 0 Å². The van der Waals surface area contributed by atoms with Crippen molar-refractivity contribution in [1.82, 2.24) is 14.4 Å². The largest absolute Gasteiger partial charge is 0.481 e. The third-order valence-electron chi connectivity index (χ3n) is 4.45. The average Bonchev–Trinajstić information content (AvgIpc) is 3.14. The molecule has 6 nitrogen and oxygen atoms in total. The fraction of sp³-hybridized carbons (Fsp3) is 0.136. The number of nitrogens with zero attached hydrogens (tertiary/aromatic N) is 3. The van der Waals surface area contributed by atoms with E-state index in [1.165, 1.54) is 0 Å². The number of carbonyl (C=O) groups is 1. The fourth-order valence-corrected chi connectivity index (χ4v) is 2.88. The summed E-state index contributed by atoms with van der Waals surface area (Å²) in [4.78, 5) is 21.4. The SMILES string of the molecule is Cc1ccc(-c2cn3cccnc3n2)cc1NC(=O)[C@H](C)Oc1ccccc1. The molecule has 0 aliphatic carbocycles. The summed E-state index contributed by atoms with van der Waals surface area (Å²) in [6.07, 6.45) is 4.91. The molecule has 1 atom stereocenters. The van der Waals surface area contributed by atoms with Gasteiger partial charge in [0.1, 0.15) is 5.75 Å². The highest BCUT2D eigenvalue weighted by Gasteiger charge is 2.16. The summed E-state index contributed by atoms with van der Waals surface area (Å²) >= 11 is 0. The summed E-state index contributed by atoms with van der Waals surface area (Å²) in [5.74, 6) is 1.09. The van der Waals surface area contributed by atoms with Crippen LogP contribution >= 0.6 is 0 Å². The van der Waals surface area contributed by atoms with E-state index >= 15 is 0 Å². The van der Waals surface area contributed by atoms with E-state index in [4.69, 9.17) is 4.74 Å². The second-order valence-electron chi connectivity index (χ2n) is 6.55. The van der Waals surface area contributed by atoms with Crippen molar-refractivity contribution in [2.45, 2.75) is 20.0 Å². The van der Waals surface area contributed by atoms with Gasteiger partial charge < -0.3 is 10.1 Å². The second-order valence-corrected chi connectivity index (χ2v) is 6.55. The van der Waals surface area contributed by atoms with Crippen molar-refractivity contribution >= 4 is 17.4 Å². The standard InChI is InChI=1S/C22H20N4O2/c1-15-9-10-17(20-14-26-12-6-11-23-22(26)25-20)13-19(15)24-21(27)16(2)28-18-7-4-3-5-8-18/h3-14,16H,1-2H3,(H,24,27)/t16-/m0/s1. The molecule has 28 heavy (non-hydrogen) atoms. The van der Waals surface area contributed by atoms with E-state index < -0.39 is 6.10 Å². The number of ether oxygens (including phenoxy) is 1. The van der Waals surface area contributed by atoms with Gasteiger partial charge >= 0.3 is 0 Å². The van der Waals surface area contributed by atoms with Crippen LogP contribution in [0.4, 0.5) is 5.69 Å². The normalized spacial score (nSPS) is 11.9. The lowest BCUT2D eigenvalue weighted by atomic mass is 10.1. The van der Waals surface area contributed by atoms with Crippen LogP contribution in [0.1, 0.15) is 12.5 Å². The molecule has 0 bridgehead atoms. The predicted octanol–water partition coefficient (Wildman–Crippen LogP) is 4.11. The molecule has 4 aromatic rings. The first-order valence-corrected chi connectivity index (χ1v) is 9.03. The van der Waals surface area contributed by atoms with Crippen LogP contribution in [0, 0.1) is 6.92 Å². The number of aromatic nitrogens is 3. The van der Waals surface area contributed by atoms with Crippen molar-refractivity contribution < 1.29 is 9.53 Å². The molecule has 0 spiro atoms. The van der Waals surface area contributed by atoms with Gasteiger partial charge in [0, 0.05) is 29.8 Å². The van der Waals surface area contributed by atoms with Crippen molar-refractivity contribution in [3.63, 3.8) is 0 Å². The van der Waals surface area contributed by atoms with Gasteiger partial charge in [0.05, 0.1) is 5.69 Å². The molecular weight excluding hydrogens is 352 g/mol. The number of hydrogen-bond acceptors (Lipinski definition) is 4. The van der Waals surface area contributed by atoms with Gasteiger partial charge in [-0.25, -0.2) is 9.97 Å². The van der Waals surface area contributed by atoms with E-state index in [9.17, 15) is 4.79 Å². The third kappa shape index (κ3) is 3.71. The minimum absolute atomic E-state index is 0.208. The first-order chi connectivity index (χ1) is 13.6. The first-order valence-electron chi connectivity index (χ1n) is 9.03. The molecule has 0 saturated heterocycles. The quantitative estimate of drug-likeness (QED) is 0.572. The third-order valence-corrected chi connectivity index (χ3v) is 4.45. The number of rotatable bonds is 5. The highest BCUT2D eigenvalue weighted by molar-refractivity contribution is 5.95. The molecule has 1 amide bonds. The van der Waals surface area contributed by atoms with Crippen LogP contribution in [-0.2, 0) is 4.79 Å². The maximum absolute atomic E-state index is 12.6. The van der Waals surface area contributed by atoms with E-state index in [0.29, 0.717) is 11.5 Å². The lowest BCUT2D eigenvalue weighted by molar-refractivity contribution is -0.122. The van der Waals surface area contributed by atoms with Crippen LogP contribution in [0.3, 0.4) is 0 Å². The van der Waals surface area contributed by atoms with Gasteiger partial charge in [0.15, 0.2) is 6.10 Å². The maximum atomic E-state index is 12.6.